The first-order valence-electron chi connectivity index (χ1n) is 7.49. The van der Waals surface area contributed by atoms with Crippen LogP contribution in [0.15, 0.2) is 18.2 Å². The molecule has 0 fully saturated rings. The van der Waals surface area contributed by atoms with Gasteiger partial charge in [-0.1, -0.05) is 6.07 Å². The molecule has 0 radical (unpaired) electrons. The number of carbonyl (C=O) groups excluding carboxylic acids is 1. The topological polar surface area (TPSA) is 62.8 Å². The normalized spacial score (nSPS) is 13.9. The van der Waals surface area contributed by atoms with Crippen molar-refractivity contribution in [3.8, 4) is 11.5 Å². The van der Waals surface area contributed by atoms with Gasteiger partial charge >= 0.3 is 6.03 Å². The van der Waals surface area contributed by atoms with E-state index < -0.39 is 5.54 Å². The van der Waals surface area contributed by atoms with Crippen LogP contribution in [0.5, 0.6) is 11.5 Å². The van der Waals surface area contributed by atoms with E-state index >= 15 is 0 Å². The van der Waals surface area contributed by atoms with E-state index in [4.69, 9.17) is 9.47 Å². The second-order valence-corrected chi connectivity index (χ2v) is 6.17. The van der Waals surface area contributed by atoms with Crippen LogP contribution in [0, 0.1) is 0 Å². The van der Waals surface area contributed by atoms with Crippen LogP contribution in [0.25, 0.3) is 0 Å². The van der Waals surface area contributed by atoms with Crippen molar-refractivity contribution in [2.75, 3.05) is 40.4 Å². The molecule has 6 nitrogen and oxygen atoms in total. The quantitative estimate of drug-likeness (QED) is 0.866. The van der Waals surface area contributed by atoms with Gasteiger partial charge < -0.3 is 25.0 Å². The van der Waals surface area contributed by atoms with Crippen LogP contribution in [0.3, 0.4) is 0 Å². The number of ether oxygens (including phenoxy) is 2. The van der Waals surface area contributed by atoms with Crippen molar-refractivity contribution in [3.05, 3.63) is 23.8 Å². The van der Waals surface area contributed by atoms with E-state index in [0.717, 1.165) is 23.6 Å². The predicted molar refractivity (Wildman–Crippen MR) is 85.5 cm³/mol. The van der Waals surface area contributed by atoms with Crippen molar-refractivity contribution >= 4 is 6.03 Å². The van der Waals surface area contributed by atoms with Gasteiger partial charge in [-0.2, -0.15) is 0 Å². The van der Waals surface area contributed by atoms with E-state index in [1.54, 1.807) is 0 Å². The highest BCUT2D eigenvalue weighted by Crippen LogP contribution is 2.34. The number of hydrogen-bond donors (Lipinski definition) is 2. The lowest BCUT2D eigenvalue weighted by Gasteiger charge is -2.29. The number of urea groups is 1. The second-order valence-electron chi connectivity index (χ2n) is 6.17. The molecule has 0 aromatic heterocycles. The van der Waals surface area contributed by atoms with Crippen LogP contribution in [-0.4, -0.2) is 51.3 Å². The van der Waals surface area contributed by atoms with Crippen molar-refractivity contribution in [2.24, 2.45) is 0 Å². The van der Waals surface area contributed by atoms with Crippen LogP contribution in [0.2, 0.25) is 0 Å². The molecule has 6 heteroatoms. The molecule has 0 bridgehead atoms. The summed E-state index contributed by atoms with van der Waals surface area (Å²) in [5.41, 5.74) is 0.470. The molecule has 0 spiro atoms. The van der Waals surface area contributed by atoms with Crippen molar-refractivity contribution in [2.45, 2.75) is 19.4 Å². The summed E-state index contributed by atoms with van der Waals surface area (Å²) >= 11 is 0. The number of hydrogen-bond acceptors (Lipinski definition) is 4. The van der Waals surface area contributed by atoms with Crippen molar-refractivity contribution in [3.63, 3.8) is 0 Å². The Morgan fingerprint density at radius 3 is 2.59 bits per heavy atom. The minimum atomic E-state index is -0.502. The zero-order chi connectivity index (χ0) is 16.2. The summed E-state index contributed by atoms with van der Waals surface area (Å²) in [5.74, 6) is 1.48. The van der Waals surface area contributed by atoms with Crippen LogP contribution >= 0.6 is 0 Å². The fourth-order valence-corrected chi connectivity index (χ4v) is 2.23. The highest BCUT2D eigenvalue weighted by atomic mass is 16.6. The van der Waals surface area contributed by atoms with Crippen LogP contribution in [0.4, 0.5) is 4.79 Å². The van der Waals surface area contributed by atoms with Gasteiger partial charge in [0.1, 0.15) is 13.2 Å². The summed E-state index contributed by atoms with van der Waals surface area (Å²) < 4.78 is 11.1. The first kappa shape index (κ1) is 16.4. The molecule has 0 saturated carbocycles. The largest absolute Gasteiger partial charge is 0.486 e. The van der Waals surface area contributed by atoms with Gasteiger partial charge in [0, 0.05) is 13.1 Å². The summed E-state index contributed by atoms with van der Waals surface area (Å²) in [4.78, 5) is 14.0. The highest BCUT2D eigenvalue weighted by Gasteiger charge is 2.25. The van der Waals surface area contributed by atoms with Crippen LogP contribution in [0.1, 0.15) is 19.4 Å². The van der Waals surface area contributed by atoms with Gasteiger partial charge in [-0.05, 0) is 45.6 Å². The van der Waals surface area contributed by atoms with E-state index in [1.165, 1.54) is 0 Å². The molecule has 1 aliphatic rings. The summed E-state index contributed by atoms with van der Waals surface area (Å²) in [6.45, 7) is 6.46. The Morgan fingerprint density at radius 2 is 1.91 bits per heavy atom. The van der Waals surface area contributed by atoms with Gasteiger partial charge in [-0.15, -0.1) is 0 Å². The Hall–Kier alpha value is -1.95. The predicted octanol–water partition coefficient (Wildman–Crippen LogP) is 1.55. The van der Waals surface area contributed by atoms with Crippen molar-refractivity contribution < 1.29 is 14.3 Å². The molecule has 0 unspecified atom stereocenters. The van der Waals surface area contributed by atoms with E-state index in [9.17, 15) is 4.79 Å². The van der Waals surface area contributed by atoms with Crippen molar-refractivity contribution in [1.82, 2.24) is 15.5 Å². The smallest absolute Gasteiger partial charge is 0.315 e. The number of nitrogens with one attached hydrogen (secondary N) is 2. The average Bonchev–Trinajstić information content (AvgIpc) is 2.45. The maximum absolute atomic E-state index is 12.0. The lowest BCUT2D eigenvalue weighted by molar-refractivity contribution is 0.171. The molecule has 2 rings (SSSR count). The van der Waals surface area contributed by atoms with Gasteiger partial charge in [0.25, 0.3) is 0 Å². The molecule has 22 heavy (non-hydrogen) atoms. The monoisotopic (exact) mass is 307 g/mol. The Kier molecular flexibility index (Phi) is 5.13. The molecular weight excluding hydrogens is 282 g/mol. The standard InChI is InChI=1S/C16H25N3O3/c1-16(2,18-15(20)17-7-8-19(3)4)12-5-6-13-14(11-12)22-10-9-21-13/h5-6,11H,7-10H2,1-4H3,(H2,17,18,20). The lowest BCUT2D eigenvalue weighted by Crippen LogP contribution is -2.47. The molecule has 1 aromatic rings. The Bertz CT molecular complexity index is 529. The lowest BCUT2D eigenvalue weighted by atomic mass is 9.94. The molecule has 1 aliphatic heterocycles. The van der Waals surface area contributed by atoms with Gasteiger partial charge in [0.2, 0.25) is 0 Å². The number of rotatable bonds is 5. The number of fused-ring (bicyclic) bond motifs is 1. The molecule has 0 aliphatic carbocycles. The van der Waals surface area contributed by atoms with Gasteiger partial charge in [0.05, 0.1) is 5.54 Å². The number of likely N-dealkylation sites (N-methyl/N-ethyl adjacent to an activating group) is 1. The molecule has 1 aromatic carbocycles. The number of nitrogens with zero attached hydrogens (tertiary/aromatic N) is 1. The molecule has 0 saturated heterocycles. The average molecular weight is 307 g/mol. The summed E-state index contributed by atoms with van der Waals surface area (Å²) in [6, 6.07) is 5.58. The highest BCUT2D eigenvalue weighted by molar-refractivity contribution is 5.75. The molecule has 0 atom stereocenters. The molecule has 122 valence electrons. The number of amides is 2. The van der Waals surface area contributed by atoms with Gasteiger partial charge in [0.15, 0.2) is 11.5 Å². The molecule has 2 amide bonds. The third kappa shape index (κ3) is 4.27. The summed E-state index contributed by atoms with van der Waals surface area (Å²) in [5, 5.41) is 5.84. The zero-order valence-electron chi connectivity index (χ0n) is 13.7. The van der Waals surface area contributed by atoms with Gasteiger partial charge in [-0.25, -0.2) is 4.79 Å². The van der Waals surface area contributed by atoms with Gasteiger partial charge in [-0.3, -0.25) is 0 Å². The maximum Gasteiger partial charge on any atom is 0.315 e. The van der Waals surface area contributed by atoms with Crippen LogP contribution in [-0.2, 0) is 5.54 Å². The Morgan fingerprint density at radius 1 is 1.23 bits per heavy atom. The second kappa shape index (κ2) is 6.87. The fraction of sp³-hybridized carbons (Fsp3) is 0.562. The molecule has 1 heterocycles. The number of benzene rings is 1. The van der Waals surface area contributed by atoms with E-state index in [-0.39, 0.29) is 6.03 Å². The van der Waals surface area contributed by atoms with E-state index in [0.29, 0.717) is 19.8 Å². The first-order valence-corrected chi connectivity index (χ1v) is 7.49. The Balaban J connectivity index is 1.98. The molecule has 2 N–H and O–H groups in total. The third-order valence-electron chi connectivity index (χ3n) is 3.53. The van der Waals surface area contributed by atoms with E-state index in [2.05, 4.69) is 10.6 Å². The van der Waals surface area contributed by atoms with Crippen molar-refractivity contribution in [1.29, 1.82) is 0 Å². The first-order chi connectivity index (χ1) is 10.4. The minimum Gasteiger partial charge on any atom is -0.486 e. The Labute approximate surface area is 131 Å². The number of carbonyl (C=O) groups is 1. The van der Waals surface area contributed by atoms with E-state index in [1.807, 2.05) is 51.0 Å². The maximum atomic E-state index is 12.0. The minimum absolute atomic E-state index is 0.179. The summed E-state index contributed by atoms with van der Waals surface area (Å²) in [7, 11) is 3.94. The fourth-order valence-electron chi connectivity index (χ4n) is 2.23. The SMILES string of the molecule is CN(C)CCNC(=O)NC(C)(C)c1ccc2c(c1)OCCO2. The third-order valence-corrected chi connectivity index (χ3v) is 3.53. The van der Waals surface area contributed by atoms with Crippen LogP contribution < -0.4 is 20.1 Å². The zero-order valence-corrected chi connectivity index (χ0v) is 13.7. The summed E-state index contributed by atoms with van der Waals surface area (Å²) in [6.07, 6.45) is 0. The molecular formula is C16H25N3O3.